The highest BCUT2D eigenvalue weighted by Crippen LogP contribution is 2.66. The number of fused-ring (bicyclic) bond motifs is 23. The van der Waals surface area contributed by atoms with Crippen molar-refractivity contribution in [2.75, 3.05) is 4.90 Å². The predicted molar refractivity (Wildman–Crippen MR) is 594 cm³/mol. The molecule has 2 heterocycles. The van der Waals surface area contributed by atoms with E-state index in [1.54, 1.807) is 33.4 Å². The van der Waals surface area contributed by atoms with Crippen molar-refractivity contribution < 1.29 is 8.83 Å². The Morgan fingerprint density at radius 1 is 0.232 bits per heavy atom. The van der Waals surface area contributed by atoms with Crippen molar-refractivity contribution in [1.29, 1.82) is 0 Å². The quantitative estimate of drug-likeness (QED) is 0.0356. The number of nitrogens with zero attached hydrogens (tertiary/aromatic N) is 1. The molecular formula is C135H155NO2. The van der Waals surface area contributed by atoms with Crippen LogP contribution in [0.15, 0.2) is 245 Å². The number of unbranched alkanes of at least 4 members (excludes halogenated alkanes) is 28. The zero-order chi connectivity index (χ0) is 94.9. The maximum atomic E-state index is 7.29. The minimum Gasteiger partial charge on any atom is -0.456 e. The van der Waals surface area contributed by atoms with Crippen LogP contribution in [-0.2, 0) is 27.1 Å². The molecule has 712 valence electrons. The Bertz CT molecular complexity index is 6870. The van der Waals surface area contributed by atoms with E-state index in [4.69, 9.17) is 8.83 Å². The first-order chi connectivity index (χ1) is 67.5. The number of hydrogen-bond donors (Lipinski definition) is 0. The van der Waals surface area contributed by atoms with Crippen LogP contribution >= 0.6 is 0 Å². The Hall–Kier alpha value is -10.7. The van der Waals surface area contributed by atoms with E-state index in [0.29, 0.717) is 0 Å². The highest BCUT2D eigenvalue weighted by molar-refractivity contribution is 6.19. The van der Waals surface area contributed by atoms with Crippen LogP contribution < -0.4 is 4.90 Å². The standard InChI is InChI=1S/C135H155NO2/c1-13-19-25-31-37-49-79-134(80-50-38-32-26-20-14-2)113-74-76-125-128(107-54-42-45-57-123(107)137-125)127(113)111-91-119-110(90-120(111)134)105-72-67-100(88-118(105)135(119,81-51-39-33-27-21-15-3)82-52-40-34-28-22-16-4)136(122-75-59-92(7)83-93(122)8)99-68-73-106-116(87-99)132(11,12)121-89-109(130-129(126(106)121)108-55-43-46-58-124(108)138-130)95-62-60-94(61-63-95)96-64-69-102-103-70-65-97(85-115(103)131(9,10)114(102)84-96)98-66-71-104-101-53-41-44-56-112(101)133(117(104)86-98,77-47-35-29-23-17-5)78-48-36-30-24-18-6/h41-46,53-76,83-91H,13-40,47-52,77-82H2,1-12H3. The van der Waals surface area contributed by atoms with Gasteiger partial charge in [0.2, 0.25) is 0 Å². The summed E-state index contributed by atoms with van der Waals surface area (Å²) in [6.07, 6.45) is 50.9. The molecule has 0 saturated heterocycles. The molecule has 0 atom stereocenters. The third-order valence-electron chi connectivity index (χ3n) is 34.8. The predicted octanol–water partition coefficient (Wildman–Crippen LogP) is 41.7. The van der Waals surface area contributed by atoms with Crippen LogP contribution in [0.4, 0.5) is 17.1 Å². The minimum atomic E-state index is -0.388. The molecule has 0 unspecified atom stereocenters. The summed E-state index contributed by atoms with van der Waals surface area (Å²) >= 11 is 0. The molecule has 138 heavy (non-hydrogen) atoms. The van der Waals surface area contributed by atoms with Crippen molar-refractivity contribution in [3.05, 3.63) is 303 Å². The lowest BCUT2D eigenvalue weighted by Gasteiger charge is -2.35. The van der Waals surface area contributed by atoms with Crippen LogP contribution in [0.1, 0.15) is 393 Å². The average Bonchev–Trinajstić information content (AvgIpc) is 1.51. The monoisotopic (exact) mass is 1820 g/mol. The second-order valence-electron chi connectivity index (χ2n) is 44.4. The summed E-state index contributed by atoms with van der Waals surface area (Å²) < 4.78 is 14.3. The van der Waals surface area contributed by atoms with Gasteiger partial charge in [-0.15, -0.1) is 0 Å². The van der Waals surface area contributed by atoms with Crippen molar-refractivity contribution in [3.8, 4) is 89.0 Å². The van der Waals surface area contributed by atoms with Gasteiger partial charge in [0.15, 0.2) is 0 Å². The fourth-order valence-electron chi connectivity index (χ4n) is 27.3. The van der Waals surface area contributed by atoms with Crippen molar-refractivity contribution in [3.63, 3.8) is 0 Å². The van der Waals surface area contributed by atoms with Crippen LogP contribution in [0, 0.1) is 13.8 Å². The molecule has 5 aliphatic rings. The second kappa shape index (κ2) is 40.8. The smallest absolute Gasteiger partial charge is 0.143 e. The SMILES string of the molecule is CCCCCCCCC1(CCCCCCCC)c2cc(N(c3ccc4c(c3)C(C)(C)c3cc(-c5ccc(-c6ccc7c(c6)C(C)(C)c6cc(-c8ccc9c(c8)C(CCCCCCC)(CCCCCCC)c8ccccc8-9)ccc6-7)cc5)c5oc6ccccc6c5c3-4)c3ccc(C)cc3C)ccc2-c2cc3c(cc21)-c1c(ccc2oc4ccccc4c12)C3(CCCCCCCC)CCCCCCCC. The second-order valence-corrected chi connectivity index (χ2v) is 44.4. The van der Waals surface area contributed by atoms with Gasteiger partial charge < -0.3 is 13.7 Å². The molecule has 0 amide bonds. The zero-order valence-electron chi connectivity index (χ0n) is 86.1. The van der Waals surface area contributed by atoms with Gasteiger partial charge in [-0.1, -0.05) is 445 Å². The normalized spacial score (nSPS) is 14.8. The molecule has 3 heteroatoms. The third-order valence-corrected chi connectivity index (χ3v) is 34.8. The molecule has 20 rings (SSSR count). The van der Waals surface area contributed by atoms with E-state index < -0.39 is 0 Å². The van der Waals surface area contributed by atoms with Crippen LogP contribution in [0.5, 0.6) is 0 Å². The molecule has 15 aromatic rings. The van der Waals surface area contributed by atoms with Crippen LogP contribution in [0.25, 0.3) is 133 Å². The van der Waals surface area contributed by atoms with Gasteiger partial charge in [-0.05, 0) is 282 Å². The van der Waals surface area contributed by atoms with Crippen molar-refractivity contribution in [2.45, 2.75) is 367 Å². The Morgan fingerprint density at radius 3 is 1.14 bits per heavy atom. The van der Waals surface area contributed by atoms with Gasteiger partial charge in [0.1, 0.15) is 22.3 Å². The fourth-order valence-corrected chi connectivity index (χ4v) is 27.3. The number of hydrogen-bond acceptors (Lipinski definition) is 3. The molecular weight excluding hydrogens is 1670 g/mol. The van der Waals surface area contributed by atoms with E-state index in [1.165, 1.54) is 388 Å². The van der Waals surface area contributed by atoms with Crippen LogP contribution in [0.2, 0.25) is 0 Å². The molecule has 0 saturated carbocycles. The first-order valence-corrected chi connectivity index (χ1v) is 55.5. The highest BCUT2D eigenvalue weighted by atomic mass is 16.3. The number of aryl methyl sites for hydroxylation is 2. The Balaban J connectivity index is 0.663. The number of rotatable bonds is 46. The first kappa shape index (κ1) is 94.8. The van der Waals surface area contributed by atoms with Gasteiger partial charge in [0.25, 0.3) is 0 Å². The van der Waals surface area contributed by atoms with Crippen LogP contribution in [-0.4, -0.2) is 0 Å². The van der Waals surface area contributed by atoms with Crippen LogP contribution in [0.3, 0.4) is 0 Å². The Morgan fingerprint density at radius 2 is 0.594 bits per heavy atom. The zero-order valence-corrected chi connectivity index (χ0v) is 86.1. The van der Waals surface area contributed by atoms with Gasteiger partial charge in [-0.2, -0.15) is 0 Å². The lowest BCUT2D eigenvalue weighted by molar-refractivity contribution is 0.394. The van der Waals surface area contributed by atoms with E-state index in [1.807, 2.05) is 0 Å². The maximum Gasteiger partial charge on any atom is 0.143 e. The first-order valence-electron chi connectivity index (χ1n) is 55.5. The molecule has 3 nitrogen and oxygen atoms in total. The molecule has 5 aliphatic carbocycles. The number of benzene rings is 13. The van der Waals surface area contributed by atoms with E-state index in [-0.39, 0.29) is 27.1 Å². The van der Waals surface area contributed by atoms with Gasteiger partial charge in [0.05, 0.1) is 0 Å². The maximum absolute atomic E-state index is 7.29. The molecule has 0 N–H and O–H groups in total. The van der Waals surface area contributed by atoms with Gasteiger partial charge >= 0.3 is 0 Å². The Kier molecular flexibility index (Phi) is 28.1. The summed E-state index contributed by atoms with van der Waals surface area (Å²) in [6.45, 7) is 28.7. The largest absolute Gasteiger partial charge is 0.456 e. The number of anilines is 3. The van der Waals surface area contributed by atoms with E-state index in [0.717, 1.165) is 51.7 Å². The fraction of sp³-hybridized carbons (Fsp3) is 0.422. The van der Waals surface area contributed by atoms with E-state index >= 15 is 0 Å². The molecule has 13 aromatic carbocycles. The average molecular weight is 1820 g/mol. The minimum absolute atomic E-state index is 0.0406. The van der Waals surface area contributed by atoms with Gasteiger partial charge in [-0.3, -0.25) is 0 Å². The third kappa shape index (κ3) is 17.2. The van der Waals surface area contributed by atoms with E-state index in [2.05, 4.69) is 325 Å². The number of furan rings is 2. The lowest BCUT2D eigenvalue weighted by atomic mass is 9.68. The summed E-state index contributed by atoms with van der Waals surface area (Å²) in [5, 5.41) is 4.95. The van der Waals surface area contributed by atoms with Crippen molar-refractivity contribution in [1.82, 2.24) is 0 Å². The summed E-state index contributed by atoms with van der Waals surface area (Å²) in [5.74, 6) is 0. The molecule has 0 bridgehead atoms. The lowest BCUT2D eigenvalue weighted by Crippen LogP contribution is -2.27. The van der Waals surface area contributed by atoms with Gasteiger partial charge in [0, 0.05) is 71.2 Å². The molecule has 0 radical (unpaired) electrons. The molecule has 0 spiro atoms. The summed E-state index contributed by atoms with van der Waals surface area (Å²) in [5.41, 5.74) is 45.7. The highest BCUT2D eigenvalue weighted by Gasteiger charge is 2.51. The number of para-hydroxylation sites is 2. The summed E-state index contributed by atoms with van der Waals surface area (Å²) in [6, 6.07) is 95.0. The topological polar surface area (TPSA) is 29.5 Å². The van der Waals surface area contributed by atoms with Crippen molar-refractivity contribution >= 4 is 60.9 Å². The molecule has 0 fully saturated rings. The van der Waals surface area contributed by atoms with Gasteiger partial charge in [-0.25, -0.2) is 0 Å². The summed E-state index contributed by atoms with van der Waals surface area (Å²) in [4.78, 5) is 2.68. The molecule has 0 aliphatic heterocycles. The molecule has 2 aromatic heterocycles. The Labute approximate surface area is 828 Å². The van der Waals surface area contributed by atoms with Crippen molar-refractivity contribution in [2.24, 2.45) is 0 Å². The van der Waals surface area contributed by atoms with E-state index in [9.17, 15) is 0 Å². The summed E-state index contributed by atoms with van der Waals surface area (Å²) in [7, 11) is 0.